The fourth-order valence-corrected chi connectivity index (χ4v) is 3.56. The van der Waals surface area contributed by atoms with Crippen LogP contribution in [0.4, 0.5) is 11.8 Å². The van der Waals surface area contributed by atoms with Crippen LogP contribution in [-0.4, -0.2) is 52.0 Å². The second kappa shape index (κ2) is 6.06. The minimum atomic E-state index is -3.13. The number of rotatable bonds is 4. The molecule has 0 aliphatic carbocycles. The number of aromatic nitrogens is 4. The van der Waals surface area contributed by atoms with E-state index in [2.05, 4.69) is 25.3 Å². The monoisotopic (exact) mass is 348 g/mol. The summed E-state index contributed by atoms with van der Waals surface area (Å²) in [5, 5.41) is 3.11. The molecule has 0 bridgehead atoms. The molecule has 0 saturated carbocycles. The first-order valence-corrected chi connectivity index (χ1v) is 9.45. The molecule has 2 aromatic rings. The lowest BCUT2D eigenvalue weighted by Crippen LogP contribution is -2.48. The zero-order valence-electron chi connectivity index (χ0n) is 14.1. The maximum Gasteiger partial charge on any atom is 0.228 e. The lowest BCUT2D eigenvalue weighted by molar-refractivity contribution is 0.262. The van der Waals surface area contributed by atoms with Gasteiger partial charge in [0.1, 0.15) is 11.6 Å². The first-order chi connectivity index (χ1) is 11.2. The highest BCUT2D eigenvalue weighted by molar-refractivity contribution is 7.88. The fraction of sp³-hybridized carbons (Fsp3) is 0.467. The van der Waals surface area contributed by atoms with Crippen LogP contribution in [0.5, 0.6) is 0 Å². The van der Waals surface area contributed by atoms with E-state index < -0.39 is 10.0 Å². The van der Waals surface area contributed by atoms with Crippen molar-refractivity contribution in [1.29, 1.82) is 0 Å². The van der Waals surface area contributed by atoms with Gasteiger partial charge in [-0.25, -0.2) is 32.7 Å². The molecule has 1 saturated heterocycles. The quantitative estimate of drug-likeness (QED) is 0.888. The molecule has 1 N–H and O–H groups in total. The molecule has 1 aliphatic rings. The summed E-state index contributed by atoms with van der Waals surface area (Å²) in [5.74, 6) is 1.81. The number of nitrogens with one attached hydrogen (secondary N) is 1. The Balaban J connectivity index is 1.80. The Morgan fingerprint density at radius 2 is 1.67 bits per heavy atom. The van der Waals surface area contributed by atoms with Crippen LogP contribution < -0.4 is 5.32 Å². The summed E-state index contributed by atoms with van der Waals surface area (Å²) in [4.78, 5) is 17.5. The van der Waals surface area contributed by atoms with Crippen molar-refractivity contribution < 1.29 is 8.42 Å². The molecule has 8 nitrogen and oxygen atoms in total. The van der Waals surface area contributed by atoms with Crippen LogP contribution in [0.15, 0.2) is 12.1 Å². The second-order valence-corrected chi connectivity index (χ2v) is 8.08. The molecule has 2 aromatic heterocycles. The molecular weight excluding hydrogens is 328 g/mol. The molecule has 1 aliphatic heterocycles. The van der Waals surface area contributed by atoms with E-state index in [-0.39, 0.29) is 5.92 Å². The molecule has 0 amide bonds. The van der Waals surface area contributed by atoms with Crippen molar-refractivity contribution >= 4 is 21.8 Å². The molecule has 1 fully saturated rings. The van der Waals surface area contributed by atoms with Gasteiger partial charge in [-0.2, -0.15) is 0 Å². The van der Waals surface area contributed by atoms with Crippen molar-refractivity contribution in [2.24, 2.45) is 0 Å². The van der Waals surface area contributed by atoms with Gasteiger partial charge >= 0.3 is 0 Å². The fourth-order valence-electron chi connectivity index (χ4n) is 2.66. The smallest absolute Gasteiger partial charge is 0.228 e. The van der Waals surface area contributed by atoms with Gasteiger partial charge in [0.2, 0.25) is 16.0 Å². The van der Waals surface area contributed by atoms with Gasteiger partial charge in [0.25, 0.3) is 0 Å². The topological polar surface area (TPSA) is 101 Å². The van der Waals surface area contributed by atoms with E-state index in [9.17, 15) is 8.42 Å². The molecule has 0 atom stereocenters. The number of sulfonamides is 1. The van der Waals surface area contributed by atoms with Crippen LogP contribution in [0.2, 0.25) is 0 Å². The number of anilines is 2. The first-order valence-electron chi connectivity index (χ1n) is 7.61. The van der Waals surface area contributed by atoms with Gasteiger partial charge in [0, 0.05) is 36.5 Å². The molecule has 9 heteroatoms. The number of hydrogen-bond acceptors (Lipinski definition) is 7. The summed E-state index contributed by atoms with van der Waals surface area (Å²) in [5.41, 5.74) is 2.58. The number of nitrogens with zero attached hydrogens (tertiary/aromatic N) is 5. The SMILES string of the molecule is Cc1cc(C)nc(Nc2cc(C3CN(S(C)(=O)=O)C3)nc(C)n2)n1. The van der Waals surface area contributed by atoms with Crippen molar-refractivity contribution in [3.05, 3.63) is 35.0 Å². The van der Waals surface area contributed by atoms with Crippen LogP contribution >= 0.6 is 0 Å². The van der Waals surface area contributed by atoms with Crippen molar-refractivity contribution in [1.82, 2.24) is 24.2 Å². The highest BCUT2D eigenvalue weighted by atomic mass is 32.2. The molecule has 0 spiro atoms. The summed E-state index contributed by atoms with van der Waals surface area (Å²) in [6.07, 6.45) is 1.22. The third-order valence-corrected chi connectivity index (χ3v) is 5.05. The Morgan fingerprint density at radius 1 is 1.04 bits per heavy atom. The van der Waals surface area contributed by atoms with Crippen molar-refractivity contribution in [2.45, 2.75) is 26.7 Å². The standard InChI is InChI=1S/C15H20N6O2S/c1-9-5-10(2)17-15(16-9)20-14-6-13(18-11(3)19-14)12-7-21(8-12)24(4,22)23/h5-6,12H,7-8H2,1-4H3,(H,16,17,18,19,20). The zero-order chi connectivity index (χ0) is 17.5. The summed E-state index contributed by atoms with van der Waals surface area (Å²) in [7, 11) is -3.13. The van der Waals surface area contributed by atoms with E-state index in [1.165, 1.54) is 10.6 Å². The predicted molar refractivity (Wildman–Crippen MR) is 90.7 cm³/mol. The molecule has 24 heavy (non-hydrogen) atoms. The van der Waals surface area contributed by atoms with Gasteiger partial charge in [-0.1, -0.05) is 0 Å². The normalized spacial score (nSPS) is 16.0. The van der Waals surface area contributed by atoms with E-state index in [0.29, 0.717) is 30.7 Å². The lowest BCUT2D eigenvalue weighted by atomic mass is 9.99. The van der Waals surface area contributed by atoms with E-state index in [1.54, 1.807) is 0 Å². The van der Waals surface area contributed by atoms with E-state index >= 15 is 0 Å². The minimum absolute atomic E-state index is 0.0853. The molecule has 0 aromatic carbocycles. The van der Waals surface area contributed by atoms with E-state index in [0.717, 1.165) is 17.1 Å². The first kappa shape index (κ1) is 16.7. The van der Waals surface area contributed by atoms with Gasteiger partial charge in [-0.15, -0.1) is 0 Å². The van der Waals surface area contributed by atoms with Gasteiger partial charge < -0.3 is 5.32 Å². The molecular formula is C15H20N6O2S. The van der Waals surface area contributed by atoms with E-state index in [4.69, 9.17) is 0 Å². The average molecular weight is 348 g/mol. The average Bonchev–Trinajstić information content (AvgIpc) is 2.32. The lowest BCUT2D eigenvalue weighted by Gasteiger charge is -2.36. The maximum absolute atomic E-state index is 11.5. The Bertz CT molecular complexity index is 857. The van der Waals surface area contributed by atoms with Crippen LogP contribution in [0.1, 0.15) is 28.8 Å². The van der Waals surface area contributed by atoms with Gasteiger partial charge in [0.15, 0.2) is 0 Å². The molecule has 3 rings (SSSR count). The highest BCUT2D eigenvalue weighted by Crippen LogP contribution is 2.29. The summed E-state index contributed by atoms with van der Waals surface area (Å²) >= 11 is 0. The van der Waals surface area contributed by atoms with Crippen molar-refractivity contribution in [3.8, 4) is 0 Å². The third-order valence-electron chi connectivity index (χ3n) is 3.82. The molecule has 3 heterocycles. The Labute approximate surface area is 141 Å². The van der Waals surface area contributed by atoms with Crippen LogP contribution in [0.3, 0.4) is 0 Å². The summed E-state index contributed by atoms with van der Waals surface area (Å²) in [6, 6.07) is 3.73. The van der Waals surface area contributed by atoms with Crippen LogP contribution in [-0.2, 0) is 10.0 Å². The summed E-state index contributed by atoms with van der Waals surface area (Å²) < 4.78 is 24.4. The summed E-state index contributed by atoms with van der Waals surface area (Å²) in [6.45, 7) is 6.53. The van der Waals surface area contributed by atoms with Crippen molar-refractivity contribution in [3.63, 3.8) is 0 Å². The maximum atomic E-state index is 11.5. The minimum Gasteiger partial charge on any atom is -0.309 e. The number of aryl methyl sites for hydroxylation is 3. The van der Waals surface area contributed by atoms with Gasteiger partial charge in [-0.05, 0) is 26.8 Å². The van der Waals surface area contributed by atoms with Crippen LogP contribution in [0, 0.1) is 20.8 Å². The zero-order valence-corrected chi connectivity index (χ0v) is 14.9. The Hall–Kier alpha value is -2.13. The predicted octanol–water partition coefficient (Wildman–Crippen LogP) is 1.29. The highest BCUT2D eigenvalue weighted by Gasteiger charge is 2.35. The largest absolute Gasteiger partial charge is 0.309 e. The molecule has 0 unspecified atom stereocenters. The van der Waals surface area contributed by atoms with E-state index in [1.807, 2.05) is 32.9 Å². The van der Waals surface area contributed by atoms with Crippen LogP contribution in [0.25, 0.3) is 0 Å². The van der Waals surface area contributed by atoms with Crippen molar-refractivity contribution in [2.75, 3.05) is 24.7 Å². The van der Waals surface area contributed by atoms with Gasteiger partial charge in [-0.3, -0.25) is 0 Å². The van der Waals surface area contributed by atoms with Gasteiger partial charge in [0.05, 0.1) is 11.9 Å². The molecule has 128 valence electrons. The third kappa shape index (κ3) is 3.68. The molecule has 0 radical (unpaired) electrons. The Morgan fingerprint density at radius 3 is 2.25 bits per heavy atom. The number of hydrogen-bond donors (Lipinski definition) is 1. The Kier molecular flexibility index (Phi) is 4.22. The second-order valence-electron chi connectivity index (χ2n) is 6.10.